The molecular formula is C18H34O4Si. The number of hydrogen-bond donors (Lipinski definition) is 0. The van der Waals surface area contributed by atoms with Gasteiger partial charge in [-0.2, -0.15) is 0 Å². The van der Waals surface area contributed by atoms with Gasteiger partial charge in [0.1, 0.15) is 18.1 Å². The largest absolute Gasteiger partial charge is 0.541 e. The fourth-order valence-electron chi connectivity index (χ4n) is 2.06. The first-order valence-electron chi connectivity index (χ1n) is 8.22. The van der Waals surface area contributed by atoms with E-state index in [0.717, 1.165) is 16.9 Å². The number of allylic oxidation sites excluding steroid dienone is 1. The third kappa shape index (κ3) is 5.09. The van der Waals surface area contributed by atoms with Crippen LogP contribution in [0.5, 0.6) is 0 Å². The van der Waals surface area contributed by atoms with Crippen molar-refractivity contribution in [2.45, 2.75) is 78.5 Å². The summed E-state index contributed by atoms with van der Waals surface area (Å²) in [5.41, 5.74) is 2.18. The maximum Gasteiger partial charge on any atom is 0.250 e. The van der Waals surface area contributed by atoms with Crippen LogP contribution in [0.15, 0.2) is 23.2 Å². The highest BCUT2D eigenvalue weighted by Gasteiger charge is 2.40. The Morgan fingerprint density at radius 3 is 2.17 bits per heavy atom. The molecule has 1 rings (SSSR count). The summed E-state index contributed by atoms with van der Waals surface area (Å²) < 4.78 is 23.4. The van der Waals surface area contributed by atoms with Gasteiger partial charge >= 0.3 is 0 Å². The summed E-state index contributed by atoms with van der Waals surface area (Å²) in [7, 11) is -0.288. The van der Waals surface area contributed by atoms with Crippen molar-refractivity contribution < 1.29 is 18.6 Å². The van der Waals surface area contributed by atoms with Gasteiger partial charge in [0.2, 0.25) is 0 Å². The predicted molar refractivity (Wildman–Crippen MR) is 96.7 cm³/mol. The molecule has 0 aromatic heterocycles. The van der Waals surface area contributed by atoms with E-state index >= 15 is 0 Å². The summed E-state index contributed by atoms with van der Waals surface area (Å²) in [5.74, 6) is 0.266. The molecule has 0 aliphatic carbocycles. The van der Waals surface area contributed by atoms with E-state index in [1.807, 2.05) is 13.8 Å². The zero-order valence-electron chi connectivity index (χ0n) is 16.5. The Bertz CT molecular complexity index is 484. The van der Waals surface area contributed by atoms with Crippen molar-refractivity contribution in [1.82, 2.24) is 0 Å². The molecule has 0 aromatic rings. The van der Waals surface area contributed by atoms with Crippen molar-refractivity contribution in [2.75, 3.05) is 13.7 Å². The van der Waals surface area contributed by atoms with Crippen LogP contribution in [0.25, 0.3) is 0 Å². The first-order valence-corrected chi connectivity index (χ1v) is 11.1. The van der Waals surface area contributed by atoms with Crippen molar-refractivity contribution in [3.05, 3.63) is 23.2 Å². The fourth-order valence-corrected chi connectivity index (χ4v) is 3.12. The van der Waals surface area contributed by atoms with E-state index in [1.54, 1.807) is 13.4 Å². The van der Waals surface area contributed by atoms with E-state index in [9.17, 15) is 0 Å². The van der Waals surface area contributed by atoms with Gasteiger partial charge in [0.05, 0.1) is 13.7 Å². The molecule has 0 saturated carbocycles. The Morgan fingerprint density at radius 1 is 1.22 bits per heavy atom. The predicted octanol–water partition coefficient (Wildman–Crippen LogP) is 4.98. The summed E-state index contributed by atoms with van der Waals surface area (Å²) in [6.07, 6.45) is 1.65. The number of rotatable bonds is 5. The molecule has 0 radical (unpaired) electrons. The molecule has 1 fully saturated rings. The minimum atomic E-state index is -1.94. The normalized spacial score (nSPS) is 23.6. The van der Waals surface area contributed by atoms with Crippen LogP contribution in [0.2, 0.25) is 18.1 Å². The quantitative estimate of drug-likeness (QED) is 0.401. The molecule has 1 atom stereocenters. The average Bonchev–Trinajstić information content (AvgIpc) is 2.75. The highest BCUT2D eigenvalue weighted by Crippen LogP contribution is 2.39. The van der Waals surface area contributed by atoms with Gasteiger partial charge in [-0.25, -0.2) is 0 Å². The van der Waals surface area contributed by atoms with E-state index in [4.69, 9.17) is 18.6 Å². The summed E-state index contributed by atoms with van der Waals surface area (Å²) in [5, 5.41) is 0.128. The molecule has 1 aliphatic rings. The first kappa shape index (κ1) is 20.3. The summed E-state index contributed by atoms with van der Waals surface area (Å²) in [6, 6.07) is 0. The minimum Gasteiger partial charge on any atom is -0.541 e. The molecule has 0 amide bonds. The Kier molecular flexibility index (Phi) is 6.16. The molecule has 0 aromatic carbocycles. The smallest absolute Gasteiger partial charge is 0.250 e. The van der Waals surface area contributed by atoms with Gasteiger partial charge in [-0.1, -0.05) is 20.8 Å². The lowest BCUT2D eigenvalue weighted by molar-refractivity contribution is -0.134. The topological polar surface area (TPSA) is 36.9 Å². The molecule has 1 unspecified atom stereocenters. The Balaban J connectivity index is 3.06. The summed E-state index contributed by atoms with van der Waals surface area (Å²) >= 11 is 0. The molecule has 1 saturated heterocycles. The Hall–Kier alpha value is -0.783. The molecule has 0 spiro atoms. The molecule has 4 nitrogen and oxygen atoms in total. The lowest BCUT2D eigenvalue weighted by Crippen LogP contribution is -2.40. The van der Waals surface area contributed by atoms with E-state index in [2.05, 4.69) is 47.7 Å². The van der Waals surface area contributed by atoms with Crippen molar-refractivity contribution in [3.8, 4) is 0 Å². The summed E-state index contributed by atoms with van der Waals surface area (Å²) in [6.45, 7) is 19.7. The van der Waals surface area contributed by atoms with Crippen LogP contribution >= 0.6 is 0 Å². The second-order valence-electron chi connectivity index (χ2n) is 8.21. The fraction of sp³-hybridized carbons (Fsp3) is 0.778. The van der Waals surface area contributed by atoms with Crippen molar-refractivity contribution in [2.24, 2.45) is 0 Å². The van der Waals surface area contributed by atoms with Gasteiger partial charge in [-0.3, -0.25) is 0 Å². The van der Waals surface area contributed by atoms with Gasteiger partial charge in [0.15, 0.2) is 5.79 Å². The van der Waals surface area contributed by atoms with Crippen LogP contribution in [0, 0.1) is 0 Å². The van der Waals surface area contributed by atoms with Crippen LogP contribution in [0.3, 0.4) is 0 Å². The third-order valence-corrected chi connectivity index (χ3v) is 9.19. The lowest BCUT2D eigenvalue weighted by atomic mass is 10.1. The molecule has 5 heteroatoms. The average molecular weight is 343 g/mol. The number of ether oxygens (including phenoxy) is 3. The van der Waals surface area contributed by atoms with E-state index in [1.165, 1.54) is 0 Å². The lowest BCUT2D eigenvalue weighted by Gasteiger charge is -2.37. The maximum absolute atomic E-state index is 6.46. The monoisotopic (exact) mass is 342 g/mol. The highest BCUT2D eigenvalue weighted by molar-refractivity contribution is 6.74. The van der Waals surface area contributed by atoms with E-state index < -0.39 is 14.1 Å². The second kappa shape index (κ2) is 6.99. The van der Waals surface area contributed by atoms with E-state index in [-0.39, 0.29) is 11.1 Å². The third-order valence-electron chi connectivity index (χ3n) is 4.85. The number of hydrogen-bond acceptors (Lipinski definition) is 4. The molecule has 134 valence electrons. The molecule has 0 N–H and O–H groups in total. The van der Waals surface area contributed by atoms with E-state index in [0.29, 0.717) is 6.61 Å². The van der Waals surface area contributed by atoms with Gasteiger partial charge in [-0.15, -0.1) is 0 Å². The zero-order valence-corrected chi connectivity index (χ0v) is 17.5. The van der Waals surface area contributed by atoms with Crippen LogP contribution in [-0.4, -0.2) is 33.9 Å². The van der Waals surface area contributed by atoms with Crippen LogP contribution in [0.4, 0.5) is 0 Å². The number of methoxy groups -OCH3 is 1. The zero-order chi connectivity index (χ0) is 18.1. The van der Waals surface area contributed by atoms with Gasteiger partial charge in [0, 0.05) is 0 Å². The molecule has 1 heterocycles. The Morgan fingerprint density at radius 2 is 1.78 bits per heavy atom. The van der Waals surface area contributed by atoms with Gasteiger partial charge < -0.3 is 18.6 Å². The first-order chi connectivity index (χ1) is 10.3. The van der Waals surface area contributed by atoms with Crippen molar-refractivity contribution in [3.63, 3.8) is 0 Å². The highest BCUT2D eigenvalue weighted by atomic mass is 28.4. The van der Waals surface area contributed by atoms with Crippen LogP contribution < -0.4 is 0 Å². The van der Waals surface area contributed by atoms with Crippen molar-refractivity contribution in [1.29, 1.82) is 0 Å². The minimum absolute atomic E-state index is 0.0479. The summed E-state index contributed by atoms with van der Waals surface area (Å²) in [4.78, 5) is 0. The SMILES string of the molecule is CO/C=C(O[Si](C)(C)C(C)(C)C)/C(C)=C(/C)C1COC(C)(C)O1. The molecular weight excluding hydrogens is 308 g/mol. The second-order valence-corrected chi connectivity index (χ2v) is 12.9. The maximum atomic E-state index is 6.46. The van der Waals surface area contributed by atoms with Crippen LogP contribution in [0.1, 0.15) is 48.5 Å². The van der Waals surface area contributed by atoms with Crippen LogP contribution in [-0.2, 0) is 18.6 Å². The Labute approximate surface area is 143 Å². The molecule has 23 heavy (non-hydrogen) atoms. The molecule has 0 bridgehead atoms. The standard InChI is InChI=1S/C18H34O4Si/c1-13(15-12-20-18(6,7)21-15)14(2)16(11-19-8)22-23(9,10)17(3,4)5/h11,15H,12H2,1-10H3/b14-13-,16-11-. The van der Waals surface area contributed by atoms with Crippen molar-refractivity contribution >= 4 is 8.32 Å². The van der Waals surface area contributed by atoms with Gasteiger partial charge in [0.25, 0.3) is 8.32 Å². The van der Waals surface area contributed by atoms with Gasteiger partial charge in [-0.05, 0) is 57.0 Å². The molecule has 1 aliphatic heterocycles.